The predicted octanol–water partition coefficient (Wildman–Crippen LogP) is 12.2. The maximum atomic E-state index is 6.82. The number of aromatic nitrogens is 4. The van der Waals surface area contributed by atoms with Gasteiger partial charge in [-0.2, -0.15) is 0 Å². The SMILES string of the molecule is c1ccc(-c2nc(-c3cccc4ccccc34)nc(-c3c(-n4c5ccccc5c5cc6ccccc6cc54)ccc4c3oc3ccccc34)n2)cc1. The zero-order valence-electron chi connectivity index (χ0n) is 27.9. The van der Waals surface area contributed by atoms with Gasteiger partial charge in [-0.25, -0.2) is 15.0 Å². The van der Waals surface area contributed by atoms with Crippen LogP contribution in [0.3, 0.4) is 0 Å². The van der Waals surface area contributed by atoms with Crippen LogP contribution in [0, 0.1) is 0 Å². The van der Waals surface area contributed by atoms with Crippen LogP contribution in [-0.2, 0) is 0 Å². The second-order valence-corrected chi connectivity index (χ2v) is 13.2. The summed E-state index contributed by atoms with van der Waals surface area (Å²) in [6.07, 6.45) is 0. The van der Waals surface area contributed by atoms with Crippen molar-refractivity contribution in [3.05, 3.63) is 170 Å². The van der Waals surface area contributed by atoms with E-state index < -0.39 is 0 Å². The molecule has 0 saturated heterocycles. The normalized spacial score (nSPS) is 11.8. The molecule has 11 aromatic rings. The van der Waals surface area contributed by atoms with E-state index in [-0.39, 0.29) is 0 Å². The molecule has 5 heteroatoms. The second kappa shape index (κ2) is 11.2. The van der Waals surface area contributed by atoms with Crippen LogP contribution in [-0.4, -0.2) is 19.5 Å². The van der Waals surface area contributed by atoms with E-state index in [0.717, 1.165) is 66.1 Å². The van der Waals surface area contributed by atoms with Crippen molar-refractivity contribution in [3.8, 4) is 39.9 Å². The minimum Gasteiger partial charge on any atom is -0.455 e. The maximum Gasteiger partial charge on any atom is 0.170 e. The lowest BCUT2D eigenvalue weighted by Crippen LogP contribution is -2.04. The first-order valence-corrected chi connectivity index (χ1v) is 17.5. The minimum atomic E-state index is 0.545. The summed E-state index contributed by atoms with van der Waals surface area (Å²) in [7, 11) is 0. The van der Waals surface area contributed by atoms with Crippen LogP contribution in [0.5, 0.6) is 0 Å². The quantitative estimate of drug-likeness (QED) is 0.188. The standard InChI is InChI=1S/C47H28N4O/c1-2-14-30(15-3-1)45-48-46(37-22-12-18-29-13-6-7-19-33(29)37)50-47(49-45)43-40(26-25-36-35-21-9-11-24-42(35)52-44(36)43)51-39-23-10-8-20-34(39)38-27-31-16-4-5-17-32(31)28-41(38)51/h1-28H. The van der Waals surface area contributed by atoms with Crippen molar-refractivity contribution in [3.63, 3.8) is 0 Å². The average molecular weight is 665 g/mol. The maximum absolute atomic E-state index is 6.82. The molecular weight excluding hydrogens is 637 g/mol. The molecule has 0 atom stereocenters. The molecule has 0 spiro atoms. The molecule has 0 fully saturated rings. The largest absolute Gasteiger partial charge is 0.455 e. The van der Waals surface area contributed by atoms with Crippen molar-refractivity contribution in [2.75, 3.05) is 0 Å². The van der Waals surface area contributed by atoms with Gasteiger partial charge in [0.15, 0.2) is 17.5 Å². The summed E-state index contributed by atoms with van der Waals surface area (Å²) < 4.78 is 9.17. The number of para-hydroxylation sites is 2. The fourth-order valence-corrected chi connectivity index (χ4v) is 7.84. The van der Waals surface area contributed by atoms with Crippen molar-refractivity contribution >= 4 is 65.3 Å². The van der Waals surface area contributed by atoms with Crippen molar-refractivity contribution in [2.24, 2.45) is 0 Å². The summed E-state index contributed by atoms with van der Waals surface area (Å²) in [5.74, 6) is 1.75. The highest BCUT2D eigenvalue weighted by Gasteiger charge is 2.25. The van der Waals surface area contributed by atoms with E-state index in [1.807, 2.05) is 42.5 Å². The Kier molecular flexibility index (Phi) is 6.18. The highest BCUT2D eigenvalue weighted by molar-refractivity contribution is 6.16. The van der Waals surface area contributed by atoms with Gasteiger partial charge in [0.25, 0.3) is 0 Å². The number of hydrogen-bond acceptors (Lipinski definition) is 4. The van der Waals surface area contributed by atoms with Crippen molar-refractivity contribution in [2.45, 2.75) is 0 Å². The molecule has 3 aromatic heterocycles. The zero-order valence-corrected chi connectivity index (χ0v) is 27.9. The Bertz CT molecular complexity index is 3190. The van der Waals surface area contributed by atoms with Crippen LogP contribution in [0.4, 0.5) is 0 Å². The van der Waals surface area contributed by atoms with Crippen molar-refractivity contribution in [1.29, 1.82) is 0 Å². The Labute approximate surface area is 298 Å². The van der Waals surface area contributed by atoms with Crippen LogP contribution in [0.25, 0.3) is 105 Å². The average Bonchev–Trinajstić information content (AvgIpc) is 3.75. The Morgan fingerprint density at radius 2 is 1.06 bits per heavy atom. The molecule has 0 saturated carbocycles. The third-order valence-electron chi connectivity index (χ3n) is 10.2. The van der Waals surface area contributed by atoms with E-state index >= 15 is 0 Å². The summed E-state index contributed by atoms with van der Waals surface area (Å²) in [6, 6.07) is 59.1. The van der Waals surface area contributed by atoms with Crippen molar-refractivity contribution < 1.29 is 4.42 Å². The van der Waals surface area contributed by atoms with E-state index in [9.17, 15) is 0 Å². The Morgan fingerprint density at radius 3 is 1.92 bits per heavy atom. The molecule has 8 aromatic carbocycles. The molecule has 0 aliphatic carbocycles. The number of rotatable bonds is 4. The molecule has 3 heterocycles. The van der Waals surface area contributed by atoms with Crippen LogP contribution >= 0.6 is 0 Å². The molecule has 0 aliphatic rings. The van der Waals surface area contributed by atoms with Gasteiger partial charge in [0.05, 0.1) is 22.3 Å². The van der Waals surface area contributed by atoms with Crippen LogP contribution in [0.15, 0.2) is 174 Å². The lowest BCUT2D eigenvalue weighted by atomic mass is 10.0. The third kappa shape index (κ3) is 4.33. The molecule has 11 rings (SSSR count). The van der Waals surface area contributed by atoms with Gasteiger partial charge in [-0.15, -0.1) is 0 Å². The van der Waals surface area contributed by atoms with Gasteiger partial charge in [-0.05, 0) is 57.9 Å². The summed E-state index contributed by atoms with van der Waals surface area (Å²) in [5, 5.41) is 9.00. The molecule has 52 heavy (non-hydrogen) atoms. The van der Waals surface area contributed by atoms with Crippen LogP contribution < -0.4 is 0 Å². The van der Waals surface area contributed by atoms with Crippen LogP contribution in [0.1, 0.15) is 0 Å². The fourth-order valence-electron chi connectivity index (χ4n) is 7.84. The first kappa shape index (κ1) is 28.7. The summed E-state index contributed by atoms with van der Waals surface area (Å²) in [5.41, 5.74) is 7.34. The van der Waals surface area contributed by atoms with Crippen molar-refractivity contribution in [1.82, 2.24) is 19.5 Å². The second-order valence-electron chi connectivity index (χ2n) is 13.2. The highest BCUT2D eigenvalue weighted by atomic mass is 16.3. The van der Waals surface area contributed by atoms with E-state index in [1.54, 1.807) is 0 Å². The van der Waals surface area contributed by atoms with Gasteiger partial charge < -0.3 is 8.98 Å². The van der Waals surface area contributed by atoms with Gasteiger partial charge in [0.1, 0.15) is 11.2 Å². The molecule has 0 radical (unpaired) electrons. The predicted molar refractivity (Wildman–Crippen MR) is 213 cm³/mol. The van der Waals surface area contributed by atoms with Gasteiger partial charge >= 0.3 is 0 Å². The molecule has 0 bridgehead atoms. The van der Waals surface area contributed by atoms with Gasteiger partial charge in [-0.1, -0.05) is 133 Å². The Morgan fingerprint density at radius 1 is 0.404 bits per heavy atom. The molecule has 0 unspecified atom stereocenters. The molecule has 0 N–H and O–H groups in total. The number of furan rings is 1. The number of benzene rings is 8. The van der Waals surface area contributed by atoms with E-state index in [2.05, 4.69) is 132 Å². The van der Waals surface area contributed by atoms with Gasteiger partial charge in [-0.3, -0.25) is 0 Å². The summed E-state index contributed by atoms with van der Waals surface area (Å²) >= 11 is 0. The van der Waals surface area contributed by atoms with E-state index in [1.165, 1.54) is 21.5 Å². The van der Waals surface area contributed by atoms with Crippen LogP contribution in [0.2, 0.25) is 0 Å². The number of fused-ring (bicyclic) bond motifs is 8. The topological polar surface area (TPSA) is 56.7 Å². The van der Waals surface area contributed by atoms with Gasteiger partial charge in [0.2, 0.25) is 0 Å². The number of hydrogen-bond donors (Lipinski definition) is 0. The lowest BCUT2D eigenvalue weighted by Gasteiger charge is -2.15. The first-order chi connectivity index (χ1) is 25.8. The highest BCUT2D eigenvalue weighted by Crippen LogP contribution is 2.43. The molecule has 5 nitrogen and oxygen atoms in total. The lowest BCUT2D eigenvalue weighted by molar-refractivity contribution is 0.669. The molecule has 0 aliphatic heterocycles. The first-order valence-electron chi connectivity index (χ1n) is 17.5. The summed E-state index contributed by atoms with van der Waals surface area (Å²) in [4.78, 5) is 15.8. The Balaban J connectivity index is 1.30. The Hall–Kier alpha value is -7.11. The summed E-state index contributed by atoms with van der Waals surface area (Å²) in [6.45, 7) is 0. The third-order valence-corrected chi connectivity index (χ3v) is 10.2. The minimum absolute atomic E-state index is 0.545. The monoisotopic (exact) mass is 664 g/mol. The fraction of sp³-hybridized carbons (Fsp3) is 0. The zero-order chi connectivity index (χ0) is 34.2. The van der Waals surface area contributed by atoms with E-state index in [0.29, 0.717) is 17.5 Å². The molecule has 0 amide bonds. The van der Waals surface area contributed by atoms with E-state index in [4.69, 9.17) is 19.4 Å². The van der Waals surface area contributed by atoms with Gasteiger partial charge in [0, 0.05) is 32.7 Å². The molecule has 242 valence electrons. The number of nitrogens with zero attached hydrogens (tertiary/aromatic N) is 4. The smallest absolute Gasteiger partial charge is 0.170 e. The molecular formula is C47H28N4O.